The Hall–Kier alpha value is -1.66. The number of carboxylic acids is 1. The van der Waals surface area contributed by atoms with E-state index >= 15 is 0 Å². The van der Waals surface area contributed by atoms with Gasteiger partial charge in [0.05, 0.1) is 25.6 Å². The Morgan fingerprint density at radius 3 is 2.90 bits per heavy atom. The van der Waals surface area contributed by atoms with Crippen molar-refractivity contribution in [3.63, 3.8) is 0 Å². The third-order valence-corrected chi connectivity index (χ3v) is 3.64. The average molecular weight is 316 g/mol. The molecule has 0 aliphatic carbocycles. The lowest BCUT2D eigenvalue weighted by molar-refractivity contribution is -0.147. The lowest BCUT2D eigenvalue weighted by atomic mass is 10.1. The van der Waals surface area contributed by atoms with Gasteiger partial charge in [-0.2, -0.15) is 0 Å². The quantitative estimate of drug-likeness (QED) is 0.919. The molecule has 1 atom stereocenters. The highest BCUT2D eigenvalue weighted by Gasteiger charge is 2.26. The van der Waals surface area contributed by atoms with Crippen LogP contribution in [0.15, 0.2) is 18.2 Å². The van der Waals surface area contributed by atoms with Gasteiger partial charge in [-0.1, -0.05) is 17.7 Å². The summed E-state index contributed by atoms with van der Waals surface area (Å²) in [5.74, 6) is -1.79. The van der Waals surface area contributed by atoms with Crippen LogP contribution in [0.5, 0.6) is 0 Å². The minimum atomic E-state index is -0.980. The molecule has 1 aromatic rings. The fourth-order valence-electron chi connectivity index (χ4n) is 2.23. The Balaban J connectivity index is 2.01. The molecule has 5 nitrogen and oxygen atoms in total. The van der Waals surface area contributed by atoms with Crippen LogP contribution in [0, 0.1) is 5.82 Å². The van der Waals surface area contributed by atoms with E-state index < -0.39 is 17.9 Å². The van der Waals surface area contributed by atoms with Gasteiger partial charge in [0, 0.05) is 23.7 Å². The van der Waals surface area contributed by atoms with Gasteiger partial charge in [-0.25, -0.2) is 4.39 Å². The van der Waals surface area contributed by atoms with E-state index in [1.807, 2.05) is 0 Å². The van der Waals surface area contributed by atoms with Gasteiger partial charge in [0.15, 0.2) is 0 Å². The largest absolute Gasteiger partial charge is 0.481 e. The number of hydrogen-bond donors (Lipinski definition) is 1. The van der Waals surface area contributed by atoms with Crippen molar-refractivity contribution in [1.29, 1.82) is 0 Å². The molecule has 0 saturated carbocycles. The highest BCUT2D eigenvalue weighted by molar-refractivity contribution is 6.31. The SMILES string of the molecule is O=C(O)CC1CN(C(=O)Cc2c(F)cccc2Cl)CCO1. The summed E-state index contributed by atoms with van der Waals surface area (Å²) in [4.78, 5) is 24.4. The van der Waals surface area contributed by atoms with Crippen LogP contribution in [-0.4, -0.2) is 47.7 Å². The zero-order valence-electron chi connectivity index (χ0n) is 11.2. The Morgan fingerprint density at radius 1 is 1.48 bits per heavy atom. The molecule has 1 fully saturated rings. The first kappa shape index (κ1) is 15.7. The summed E-state index contributed by atoms with van der Waals surface area (Å²) in [7, 11) is 0. The van der Waals surface area contributed by atoms with Crippen molar-refractivity contribution < 1.29 is 23.8 Å². The zero-order chi connectivity index (χ0) is 15.4. The van der Waals surface area contributed by atoms with E-state index in [4.69, 9.17) is 21.4 Å². The molecule has 1 aliphatic rings. The first-order valence-corrected chi connectivity index (χ1v) is 6.89. The Kier molecular flexibility index (Phi) is 5.14. The molecule has 1 amide bonds. The summed E-state index contributed by atoms with van der Waals surface area (Å²) in [5.41, 5.74) is 0.158. The molecular weight excluding hydrogens is 301 g/mol. The third-order valence-electron chi connectivity index (χ3n) is 3.28. The topological polar surface area (TPSA) is 66.8 Å². The first-order chi connectivity index (χ1) is 9.97. The molecule has 0 aromatic heterocycles. The van der Waals surface area contributed by atoms with Crippen molar-refractivity contribution in [2.24, 2.45) is 0 Å². The average Bonchev–Trinajstić information content (AvgIpc) is 2.42. The number of morpholine rings is 1. The number of carboxylic acid groups (broad SMARTS) is 1. The van der Waals surface area contributed by atoms with Crippen LogP contribution in [0.2, 0.25) is 5.02 Å². The first-order valence-electron chi connectivity index (χ1n) is 6.51. The number of amides is 1. The second-order valence-electron chi connectivity index (χ2n) is 4.81. The maximum atomic E-state index is 13.7. The van der Waals surface area contributed by atoms with E-state index in [0.717, 1.165) is 0 Å². The second kappa shape index (κ2) is 6.87. The van der Waals surface area contributed by atoms with Gasteiger partial charge in [0.25, 0.3) is 0 Å². The van der Waals surface area contributed by atoms with Crippen LogP contribution < -0.4 is 0 Å². The summed E-state index contributed by atoms with van der Waals surface area (Å²) >= 11 is 5.90. The number of hydrogen-bond acceptors (Lipinski definition) is 3. The minimum Gasteiger partial charge on any atom is -0.481 e. The number of ether oxygens (including phenoxy) is 1. The molecule has 7 heteroatoms. The van der Waals surface area contributed by atoms with Crippen LogP contribution >= 0.6 is 11.6 Å². The maximum absolute atomic E-state index is 13.7. The van der Waals surface area contributed by atoms with Gasteiger partial charge in [-0.15, -0.1) is 0 Å². The van der Waals surface area contributed by atoms with Crippen molar-refractivity contribution in [1.82, 2.24) is 4.90 Å². The number of nitrogens with zero attached hydrogens (tertiary/aromatic N) is 1. The standard InChI is InChI=1S/C14H15ClFNO4/c15-11-2-1-3-12(16)10(11)7-13(18)17-4-5-21-9(8-17)6-14(19)20/h1-3,9H,4-8H2,(H,19,20). The van der Waals surface area contributed by atoms with Gasteiger partial charge < -0.3 is 14.7 Å². The fraction of sp³-hybridized carbons (Fsp3) is 0.429. The normalized spacial score (nSPS) is 18.6. The van der Waals surface area contributed by atoms with Gasteiger partial charge in [-0.3, -0.25) is 9.59 Å². The van der Waals surface area contributed by atoms with Crippen molar-refractivity contribution in [2.75, 3.05) is 19.7 Å². The Bertz CT molecular complexity index is 532. The highest BCUT2D eigenvalue weighted by Crippen LogP contribution is 2.21. The van der Waals surface area contributed by atoms with E-state index in [1.54, 1.807) is 0 Å². The number of carbonyl (C=O) groups is 2. The van der Waals surface area contributed by atoms with Gasteiger partial charge >= 0.3 is 5.97 Å². The third kappa shape index (κ3) is 4.15. The number of benzene rings is 1. The molecule has 1 N–H and O–H groups in total. The van der Waals surface area contributed by atoms with E-state index in [2.05, 4.69) is 0 Å². The molecule has 0 radical (unpaired) electrons. The molecule has 0 bridgehead atoms. The van der Waals surface area contributed by atoms with Crippen molar-refractivity contribution in [2.45, 2.75) is 18.9 Å². The Labute approximate surface area is 126 Å². The predicted molar refractivity (Wildman–Crippen MR) is 73.7 cm³/mol. The molecule has 114 valence electrons. The van der Waals surface area contributed by atoms with Crippen LogP contribution in [0.25, 0.3) is 0 Å². The fourth-order valence-corrected chi connectivity index (χ4v) is 2.46. The van der Waals surface area contributed by atoms with E-state index in [-0.39, 0.29) is 42.5 Å². The monoisotopic (exact) mass is 315 g/mol. The molecule has 0 spiro atoms. The number of carbonyl (C=O) groups excluding carboxylic acids is 1. The van der Waals surface area contributed by atoms with Crippen molar-refractivity contribution in [3.05, 3.63) is 34.6 Å². The molecule has 1 unspecified atom stereocenters. The van der Waals surface area contributed by atoms with Gasteiger partial charge in [0.2, 0.25) is 5.91 Å². The van der Waals surface area contributed by atoms with Gasteiger partial charge in [0.1, 0.15) is 5.82 Å². The summed E-state index contributed by atoms with van der Waals surface area (Å²) in [6, 6.07) is 4.25. The van der Waals surface area contributed by atoms with E-state index in [1.165, 1.54) is 23.1 Å². The summed E-state index contributed by atoms with van der Waals surface area (Å²) in [6.07, 6.45) is -0.841. The summed E-state index contributed by atoms with van der Waals surface area (Å²) < 4.78 is 19.0. The second-order valence-corrected chi connectivity index (χ2v) is 5.21. The van der Waals surface area contributed by atoms with Crippen LogP contribution in [0.4, 0.5) is 4.39 Å². The van der Waals surface area contributed by atoms with Gasteiger partial charge in [-0.05, 0) is 12.1 Å². The van der Waals surface area contributed by atoms with Crippen LogP contribution in [-0.2, 0) is 20.7 Å². The zero-order valence-corrected chi connectivity index (χ0v) is 12.0. The van der Waals surface area contributed by atoms with E-state index in [9.17, 15) is 14.0 Å². The van der Waals surface area contributed by atoms with E-state index in [0.29, 0.717) is 6.54 Å². The highest BCUT2D eigenvalue weighted by atomic mass is 35.5. The molecule has 1 aromatic carbocycles. The number of aliphatic carboxylic acids is 1. The lowest BCUT2D eigenvalue weighted by Gasteiger charge is -2.32. The predicted octanol–water partition coefficient (Wildman–Crippen LogP) is 1.72. The summed E-state index contributed by atoms with van der Waals surface area (Å²) in [5, 5.41) is 8.96. The number of rotatable bonds is 4. The van der Waals surface area contributed by atoms with Crippen molar-refractivity contribution in [3.8, 4) is 0 Å². The molecule has 2 rings (SSSR count). The summed E-state index contributed by atoms with van der Waals surface area (Å²) in [6.45, 7) is 0.826. The Morgan fingerprint density at radius 2 is 2.24 bits per heavy atom. The molecule has 1 heterocycles. The van der Waals surface area contributed by atoms with Crippen molar-refractivity contribution >= 4 is 23.5 Å². The molecule has 1 aliphatic heterocycles. The maximum Gasteiger partial charge on any atom is 0.306 e. The molecule has 1 saturated heterocycles. The van der Waals surface area contributed by atoms with Crippen LogP contribution in [0.3, 0.4) is 0 Å². The molecule has 21 heavy (non-hydrogen) atoms. The van der Waals surface area contributed by atoms with Crippen LogP contribution in [0.1, 0.15) is 12.0 Å². The molecular formula is C14H15ClFNO4. The smallest absolute Gasteiger partial charge is 0.306 e. The lowest BCUT2D eigenvalue weighted by Crippen LogP contribution is -2.46. The number of halogens is 2. The minimum absolute atomic E-state index is 0.148.